The molecule has 31 heavy (non-hydrogen) atoms. The number of hydrogen-bond donors (Lipinski definition) is 5. The van der Waals surface area contributed by atoms with Crippen molar-refractivity contribution in [3.8, 4) is 5.88 Å². The smallest absolute Gasteiger partial charge is 0.221 e. The van der Waals surface area contributed by atoms with Crippen molar-refractivity contribution in [1.29, 1.82) is 0 Å². The first kappa shape index (κ1) is 19.5. The van der Waals surface area contributed by atoms with Crippen LogP contribution in [-0.4, -0.2) is 36.9 Å². The molecule has 0 amide bonds. The van der Waals surface area contributed by atoms with Crippen molar-refractivity contribution in [1.82, 2.24) is 46.7 Å². The molecule has 4 aromatic rings. The van der Waals surface area contributed by atoms with Gasteiger partial charge in [-0.2, -0.15) is 26.3 Å². The lowest BCUT2D eigenvalue weighted by atomic mass is 9.89. The van der Waals surface area contributed by atoms with E-state index < -0.39 is 5.60 Å². The Balaban J connectivity index is 1.75. The second-order valence-corrected chi connectivity index (χ2v) is 7.08. The van der Waals surface area contributed by atoms with Crippen molar-refractivity contribution in [2.24, 2.45) is 7.05 Å². The molecule has 5 N–H and O–H groups in total. The maximum absolute atomic E-state index is 12.0. The SMILES string of the molecule is COc1nc2nc(C(O)(c3ccccc3)c3cccnn3)n(C)c2cc1C1NNNN1. The fourth-order valence-corrected chi connectivity index (χ4v) is 3.78. The number of aryl methyl sites for hydroxylation is 1. The van der Waals surface area contributed by atoms with Crippen molar-refractivity contribution in [2.75, 3.05) is 7.11 Å². The molecule has 5 rings (SSSR count). The standard InChI is InChI=1S/C20H21N9O2/c1-29-14-11-13(16-25-27-28-26-16)18(31-2)22-17(14)23-19(29)20(30,12-7-4-3-5-8-12)15-9-6-10-21-24-15/h3-11,16,25-28,30H,1-2H3. The van der Waals surface area contributed by atoms with E-state index in [1.807, 2.05) is 48.0 Å². The molecular formula is C20H21N9O2. The highest BCUT2D eigenvalue weighted by atomic mass is 16.5. The van der Waals surface area contributed by atoms with Crippen LogP contribution in [0, 0.1) is 0 Å². The lowest BCUT2D eigenvalue weighted by molar-refractivity contribution is 0.107. The molecule has 0 saturated carbocycles. The van der Waals surface area contributed by atoms with Gasteiger partial charge in [-0.05, 0) is 23.8 Å². The number of methoxy groups -OCH3 is 1. The molecule has 1 aliphatic heterocycles. The van der Waals surface area contributed by atoms with Gasteiger partial charge in [0.1, 0.15) is 11.9 Å². The molecule has 0 bridgehead atoms. The summed E-state index contributed by atoms with van der Waals surface area (Å²) < 4.78 is 7.30. The number of rotatable bonds is 5. The third-order valence-corrected chi connectivity index (χ3v) is 5.32. The number of nitrogens with zero attached hydrogens (tertiary/aromatic N) is 5. The van der Waals surface area contributed by atoms with Gasteiger partial charge in [-0.25, -0.2) is 15.8 Å². The van der Waals surface area contributed by atoms with Gasteiger partial charge in [0.25, 0.3) is 0 Å². The number of hydrogen-bond acceptors (Lipinski definition) is 10. The zero-order valence-corrected chi connectivity index (χ0v) is 16.9. The van der Waals surface area contributed by atoms with E-state index in [0.717, 1.165) is 11.1 Å². The van der Waals surface area contributed by atoms with Gasteiger partial charge < -0.3 is 14.4 Å². The first-order valence-electron chi connectivity index (χ1n) is 9.62. The van der Waals surface area contributed by atoms with Crippen molar-refractivity contribution in [3.63, 3.8) is 0 Å². The highest BCUT2D eigenvalue weighted by molar-refractivity contribution is 5.75. The Bertz CT molecular complexity index is 1170. The van der Waals surface area contributed by atoms with Crippen molar-refractivity contribution >= 4 is 11.2 Å². The molecule has 1 saturated heterocycles. The topological polar surface area (TPSA) is 134 Å². The van der Waals surface area contributed by atoms with Gasteiger partial charge in [0.15, 0.2) is 17.1 Å². The average Bonchev–Trinajstić information content (AvgIpc) is 3.47. The summed E-state index contributed by atoms with van der Waals surface area (Å²) in [6, 6.07) is 14.6. The predicted molar refractivity (Wildman–Crippen MR) is 111 cm³/mol. The van der Waals surface area contributed by atoms with Crippen LogP contribution in [0.2, 0.25) is 0 Å². The van der Waals surface area contributed by atoms with E-state index in [4.69, 9.17) is 9.72 Å². The summed E-state index contributed by atoms with van der Waals surface area (Å²) in [4.78, 5) is 9.28. The fraction of sp³-hybridized carbons (Fsp3) is 0.200. The molecular weight excluding hydrogens is 398 g/mol. The molecule has 0 radical (unpaired) electrons. The van der Waals surface area contributed by atoms with Crippen LogP contribution < -0.4 is 26.7 Å². The fourth-order valence-electron chi connectivity index (χ4n) is 3.78. The number of aliphatic hydroxyl groups is 1. The van der Waals surface area contributed by atoms with E-state index in [1.165, 1.54) is 0 Å². The minimum atomic E-state index is -1.63. The summed E-state index contributed by atoms with van der Waals surface area (Å²) in [5.74, 6) is 0.778. The molecule has 4 heterocycles. The molecule has 158 valence electrons. The molecule has 1 aliphatic rings. The van der Waals surface area contributed by atoms with E-state index in [1.54, 1.807) is 25.4 Å². The first-order valence-corrected chi connectivity index (χ1v) is 9.62. The maximum Gasteiger partial charge on any atom is 0.221 e. The van der Waals surface area contributed by atoms with E-state index in [0.29, 0.717) is 28.6 Å². The molecule has 1 fully saturated rings. The van der Waals surface area contributed by atoms with Gasteiger partial charge in [-0.15, -0.1) is 0 Å². The number of imidazole rings is 1. The lowest BCUT2D eigenvalue weighted by Gasteiger charge is -2.27. The summed E-state index contributed by atoms with van der Waals surface area (Å²) in [5, 5.41) is 20.2. The summed E-state index contributed by atoms with van der Waals surface area (Å²) in [5.41, 5.74) is 12.9. The molecule has 11 heteroatoms. The monoisotopic (exact) mass is 419 g/mol. The van der Waals surface area contributed by atoms with Gasteiger partial charge >= 0.3 is 0 Å². The van der Waals surface area contributed by atoms with E-state index >= 15 is 0 Å². The van der Waals surface area contributed by atoms with Gasteiger partial charge in [-0.1, -0.05) is 30.3 Å². The van der Waals surface area contributed by atoms with Crippen LogP contribution in [0.15, 0.2) is 54.7 Å². The second kappa shape index (κ2) is 7.65. The Kier molecular flexibility index (Phi) is 4.81. The van der Waals surface area contributed by atoms with Crippen LogP contribution >= 0.6 is 0 Å². The minimum absolute atomic E-state index is 0.279. The quantitative estimate of drug-likeness (QED) is 0.305. The van der Waals surface area contributed by atoms with Crippen LogP contribution in [0.3, 0.4) is 0 Å². The average molecular weight is 419 g/mol. The number of pyridine rings is 1. The zero-order chi connectivity index (χ0) is 21.4. The molecule has 0 spiro atoms. The Morgan fingerprint density at radius 1 is 1.06 bits per heavy atom. The minimum Gasteiger partial charge on any atom is -0.481 e. The molecule has 1 unspecified atom stereocenters. The summed E-state index contributed by atoms with van der Waals surface area (Å²) in [6.07, 6.45) is 1.28. The van der Waals surface area contributed by atoms with E-state index in [9.17, 15) is 5.11 Å². The Morgan fingerprint density at radius 2 is 1.84 bits per heavy atom. The number of ether oxygens (including phenoxy) is 1. The van der Waals surface area contributed by atoms with E-state index in [2.05, 4.69) is 37.1 Å². The Morgan fingerprint density at radius 3 is 2.52 bits per heavy atom. The number of hydrazine groups is 3. The van der Waals surface area contributed by atoms with Gasteiger partial charge in [-0.3, -0.25) is 0 Å². The lowest BCUT2D eigenvalue weighted by Crippen LogP contribution is -2.33. The summed E-state index contributed by atoms with van der Waals surface area (Å²) >= 11 is 0. The van der Waals surface area contributed by atoms with Crippen LogP contribution in [0.5, 0.6) is 5.88 Å². The maximum atomic E-state index is 12.0. The molecule has 1 aromatic carbocycles. The van der Waals surface area contributed by atoms with Gasteiger partial charge in [0.2, 0.25) is 5.88 Å². The summed E-state index contributed by atoms with van der Waals surface area (Å²) in [7, 11) is 3.38. The highest BCUT2D eigenvalue weighted by Crippen LogP contribution is 2.37. The van der Waals surface area contributed by atoms with Crippen molar-refractivity contribution < 1.29 is 9.84 Å². The first-order chi connectivity index (χ1) is 15.1. The second-order valence-electron chi connectivity index (χ2n) is 7.08. The Hall–Kier alpha value is -3.48. The number of aromatic nitrogens is 5. The van der Waals surface area contributed by atoms with Crippen LogP contribution in [0.4, 0.5) is 0 Å². The van der Waals surface area contributed by atoms with Crippen molar-refractivity contribution in [3.05, 3.63) is 77.4 Å². The number of nitrogens with one attached hydrogen (secondary N) is 4. The number of fused-ring (bicyclic) bond motifs is 1. The molecule has 11 nitrogen and oxygen atoms in total. The van der Waals surface area contributed by atoms with Crippen LogP contribution in [0.1, 0.15) is 28.8 Å². The van der Waals surface area contributed by atoms with Gasteiger partial charge in [0.05, 0.1) is 18.2 Å². The highest BCUT2D eigenvalue weighted by Gasteiger charge is 2.40. The van der Waals surface area contributed by atoms with Gasteiger partial charge in [0, 0.05) is 13.2 Å². The normalized spacial score (nSPS) is 16.5. The molecule has 0 aliphatic carbocycles. The summed E-state index contributed by atoms with van der Waals surface area (Å²) in [6.45, 7) is 0. The number of benzene rings is 1. The Labute approximate surface area is 177 Å². The zero-order valence-electron chi connectivity index (χ0n) is 16.9. The molecule has 3 aromatic heterocycles. The van der Waals surface area contributed by atoms with Crippen LogP contribution in [0.25, 0.3) is 11.2 Å². The third kappa shape index (κ3) is 3.12. The molecule has 1 atom stereocenters. The third-order valence-electron chi connectivity index (χ3n) is 5.32. The van der Waals surface area contributed by atoms with Crippen molar-refractivity contribution in [2.45, 2.75) is 11.8 Å². The largest absolute Gasteiger partial charge is 0.481 e. The van der Waals surface area contributed by atoms with Crippen LogP contribution in [-0.2, 0) is 12.6 Å². The van der Waals surface area contributed by atoms with E-state index in [-0.39, 0.29) is 6.17 Å². The predicted octanol–water partition coefficient (Wildman–Crippen LogP) is 0.167.